The molecule has 0 bridgehead atoms. The molecule has 2 aromatic rings. The molecule has 0 aromatic carbocycles. The Balaban J connectivity index is 1.77. The molecule has 6 nitrogen and oxygen atoms in total. The van der Waals surface area contributed by atoms with Crippen molar-refractivity contribution in [3.8, 4) is 0 Å². The second kappa shape index (κ2) is 5.63. The first-order chi connectivity index (χ1) is 10.1. The maximum atomic E-state index is 12.6. The zero-order valence-electron chi connectivity index (χ0n) is 12.3. The molecule has 1 aliphatic rings. The molecule has 2 heterocycles. The number of nitrogens with one attached hydrogen (secondary N) is 1. The van der Waals surface area contributed by atoms with E-state index in [2.05, 4.69) is 20.2 Å². The van der Waals surface area contributed by atoms with Crippen molar-refractivity contribution in [2.24, 2.45) is 0 Å². The van der Waals surface area contributed by atoms with E-state index < -0.39 is 0 Å². The molecule has 1 amide bonds. The highest BCUT2D eigenvalue weighted by Gasteiger charge is 2.29. The fraction of sp³-hybridized carbons (Fsp3) is 0.467. The fourth-order valence-electron chi connectivity index (χ4n) is 2.19. The van der Waals surface area contributed by atoms with Gasteiger partial charge >= 0.3 is 0 Å². The van der Waals surface area contributed by atoms with Crippen LogP contribution in [0.25, 0.3) is 0 Å². The molecule has 2 aromatic heterocycles. The lowest BCUT2D eigenvalue weighted by molar-refractivity contribution is 0.0675. The zero-order valence-corrected chi connectivity index (χ0v) is 12.3. The maximum Gasteiger partial charge on any atom is 0.294 e. The van der Waals surface area contributed by atoms with Crippen molar-refractivity contribution < 1.29 is 4.79 Å². The minimum absolute atomic E-state index is 0.0578. The maximum absolute atomic E-state index is 12.6. The van der Waals surface area contributed by atoms with Crippen LogP contribution in [-0.4, -0.2) is 37.0 Å². The summed E-state index contributed by atoms with van der Waals surface area (Å²) < 4.78 is 0. The molecule has 0 saturated heterocycles. The molecule has 0 radical (unpaired) electrons. The van der Waals surface area contributed by atoms with E-state index in [1.54, 1.807) is 11.1 Å². The van der Waals surface area contributed by atoms with Gasteiger partial charge in [-0.15, -0.1) is 5.10 Å². The highest BCUT2D eigenvalue weighted by molar-refractivity contribution is 5.90. The average Bonchev–Trinajstić information content (AvgIpc) is 3.22. The van der Waals surface area contributed by atoms with E-state index in [0.717, 1.165) is 24.4 Å². The predicted octanol–water partition coefficient (Wildman–Crippen LogP) is 2.13. The number of rotatable bonds is 5. The smallest absolute Gasteiger partial charge is 0.294 e. The molecule has 1 fully saturated rings. The first-order valence-electron chi connectivity index (χ1n) is 7.28. The molecule has 1 N–H and O–H groups in total. The molecule has 110 valence electrons. The van der Waals surface area contributed by atoms with Crippen molar-refractivity contribution in [3.05, 3.63) is 41.7 Å². The van der Waals surface area contributed by atoms with Crippen LogP contribution in [0, 0.1) is 0 Å². The van der Waals surface area contributed by atoms with Gasteiger partial charge in [-0.25, -0.2) is 4.98 Å². The highest BCUT2D eigenvalue weighted by Crippen LogP contribution is 2.37. The Labute approximate surface area is 123 Å². The Bertz CT molecular complexity index is 618. The second-order valence-electron chi connectivity index (χ2n) is 5.67. The van der Waals surface area contributed by atoms with Crippen molar-refractivity contribution in [1.82, 2.24) is 25.1 Å². The van der Waals surface area contributed by atoms with E-state index in [4.69, 9.17) is 0 Å². The fourth-order valence-corrected chi connectivity index (χ4v) is 2.19. The molecule has 1 saturated carbocycles. The van der Waals surface area contributed by atoms with Crippen LogP contribution in [0.1, 0.15) is 54.7 Å². The van der Waals surface area contributed by atoms with Gasteiger partial charge in [-0.2, -0.15) is 0 Å². The number of pyridine rings is 1. The molecule has 0 aliphatic heterocycles. The molecule has 1 aliphatic carbocycles. The lowest BCUT2D eigenvalue weighted by atomic mass is 10.2. The lowest BCUT2D eigenvalue weighted by Crippen LogP contribution is -2.37. The Morgan fingerprint density at radius 1 is 1.43 bits per heavy atom. The van der Waals surface area contributed by atoms with E-state index in [1.807, 2.05) is 32.0 Å². The van der Waals surface area contributed by atoms with Crippen molar-refractivity contribution in [1.29, 1.82) is 0 Å². The van der Waals surface area contributed by atoms with Gasteiger partial charge in [0, 0.05) is 18.2 Å². The number of carbonyl (C=O) groups excluding carboxylic acids is 1. The van der Waals surface area contributed by atoms with E-state index in [1.165, 1.54) is 0 Å². The highest BCUT2D eigenvalue weighted by atomic mass is 16.2. The third-order valence-corrected chi connectivity index (χ3v) is 3.60. The van der Waals surface area contributed by atoms with Crippen molar-refractivity contribution in [2.75, 3.05) is 0 Å². The van der Waals surface area contributed by atoms with Crippen LogP contribution < -0.4 is 0 Å². The molecule has 21 heavy (non-hydrogen) atoms. The molecular weight excluding hydrogens is 266 g/mol. The Hall–Kier alpha value is -2.24. The van der Waals surface area contributed by atoms with Crippen LogP contribution in [0.4, 0.5) is 0 Å². The van der Waals surface area contributed by atoms with Crippen LogP contribution in [0.15, 0.2) is 24.4 Å². The minimum Gasteiger partial charge on any atom is -0.328 e. The molecule has 0 spiro atoms. The zero-order chi connectivity index (χ0) is 14.8. The van der Waals surface area contributed by atoms with Gasteiger partial charge in [0.25, 0.3) is 5.91 Å². The molecule has 0 unspecified atom stereocenters. The first kappa shape index (κ1) is 13.7. The second-order valence-corrected chi connectivity index (χ2v) is 5.67. The topological polar surface area (TPSA) is 74.8 Å². The summed E-state index contributed by atoms with van der Waals surface area (Å²) in [5.41, 5.74) is 0.859. The minimum atomic E-state index is -0.154. The van der Waals surface area contributed by atoms with Gasteiger partial charge in [0.15, 0.2) is 0 Å². The van der Waals surface area contributed by atoms with Crippen LogP contribution in [0.2, 0.25) is 0 Å². The van der Waals surface area contributed by atoms with Gasteiger partial charge in [0.05, 0.1) is 12.2 Å². The summed E-state index contributed by atoms with van der Waals surface area (Å²) in [5, 5.41) is 6.96. The van der Waals surface area contributed by atoms with Gasteiger partial charge < -0.3 is 4.90 Å². The van der Waals surface area contributed by atoms with Gasteiger partial charge in [-0.3, -0.25) is 14.9 Å². The lowest BCUT2D eigenvalue weighted by Gasteiger charge is -2.25. The van der Waals surface area contributed by atoms with Crippen LogP contribution in [0.5, 0.6) is 0 Å². The van der Waals surface area contributed by atoms with E-state index in [-0.39, 0.29) is 17.8 Å². The number of H-pyrrole nitrogens is 1. The summed E-state index contributed by atoms with van der Waals surface area (Å²) in [6.07, 6.45) is 3.99. The first-order valence-corrected chi connectivity index (χ1v) is 7.28. The van der Waals surface area contributed by atoms with E-state index in [9.17, 15) is 4.79 Å². The quantitative estimate of drug-likeness (QED) is 0.913. The van der Waals surface area contributed by atoms with Gasteiger partial charge in [-0.1, -0.05) is 6.07 Å². The Morgan fingerprint density at radius 3 is 2.86 bits per heavy atom. The monoisotopic (exact) mass is 285 g/mol. The summed E-state index contributed by atoms with van der Waals surface area (Å²) in [5.74, 6) is 1.39. The summed E-state index contributed by atoms with van der Waals surface area (Å²) in [6, 6.07) is 5.75. The van der Waals surface area contributed by atoms with Gasteiger partial charge in [0.1, 0.15) is 5.82 Å². The van der Waals surface area contributed by atoms with Gasteiger partial charge in [0.2, 0.25) is 5.82 Å². The molecule has 6 heteroatoms. The number of hydrogen-bond donors (Lipinski definition) is 1. The number of amides is 1. The summed E-state index contributed by atoms with van der Waals surface area (Å²) in [4.78, 5) is 23.0. The summed E-state index contributed by atoms with van der Waals surface area (Å²) in [7, 11) is 0. The van der Waals surface area contributed by atoms with Gasteiger partial charge in [-0.05, 0) is 38.8 Å². The molecule has 0 atom stereocenters. The normalized spacial score (nSPS) is 14.4. The third-order valence-electron chi connectivity index (χ3n) is 3.60. The average molecular weight is 285 g/mol. The summed E-state index contributed by atoms with van der Waals surface area (Å²) in [6.45, 7) is 4.43. The third kappa shape index (κ3) is 3.09. The Morgan fingerprint density at radius 2 is 2.24 bits per heavy atom. The number of carbonyl (C=O) groups is 1. The van der Waals surface area contributed by atoms with Crippen LogP contribution in [-0.2, 0) is 6.54 Å². The molecular formula is C15H19N5O. The van der Waals surface area contributed by atoms with Crippen molar-refractivity contribution in [3.63, 3.8) is 0 Å². The number of aromatic amines is 1. The predicted molar refractivity (Wildman–Crippen MR) is 77.6 cm³/mol. The largest absolute Gasteiger partial charge is 0.328 e. The number of aromatic nitrogens is 4. The number of hydrogen-bond acceptors (Lipinski definition) is 4. The van der Waals surface area contributed by atoms with Crippen molar-refractivity contribution in [2.45, 2.75) is 45.2 Å². The van der Waals surface area contributed by atoms with Crippen LogP contribution >= 0.6 is 0 Å². The van der Waals surface area contributed by atoms with E-state index in [0.29, 0.717) is 12.5 Å². The summed E-state index contributed by atoms with van der Waals surface area (Å²) >= 11 is 0. The molecule has 3 rings (SSSR count). The van der Waals surface area contributed by atoms with Crippen molar-refractivity contribution >= 4 is 5.91 Å². The van der Waals surface area contributed by atoms with E-state index >= 15 is 0 Å². The Kier molecular flexibility index (Phi) is 3.68. The standard InChI is InChI=1S/C15H19N5O/c1-10(2)20(9-12-5-3-4-8-16-12)15(21)14-17-13(18-19-14)11-6-7-11/h3-5,8,10-11H,6-7,9H2,1-2H3,(H,17,18,19). The SMILES string of the molecule is CC(C)N(Cc1ccccn1)C(=O)c1n[nH]c(C2CC2)n1. The van der Waals surface area contributed by atoms with Crippen LogP contribution in [0.3, 0.4) is 0 Å². The number of nitrogens with zero attached hydrogens (tertiary/aromatic N) is 4.